The van der Waals surface area contributed by atoms with Gasteiger partial charge in [0.2, 0.25) is 11.8 Å². The van der Waals surface area contributed by atoms with Gasteiger partial charge in [0.25, 0.3) is 0 Å². The number of hydrogen-bond donors (Lipinski definition) is 2. The van der Waals surface area contributed by atoms with Crippen molar-refractivity contribution >= 4 is 23.6 Å². The molecule has 0 spiro atoms. The number of carbonyl (C=O) groups is 3. The molecule has 1 fully saturated rings. The molecule has 0 aromatic heterocycles. The van der Waals surface area contributed by atoms with Crippen LogP contribution in [0.2, 0.25) is 0 Å². The molecule has 7 nitrogen and oxygen atoms in total. The number of carbonyl (C=O) groups excluding carboxylic acids is 3. The van der Waals surface area contributed by atoms with E-state index in [0.29, 0.717) is 19.5 Å². The summed E-state index contributed by atoms with van der Waals surface area (Å²) in [5.41, 5.74) is 1.87. The van der Waals surface area contributed by atoms with Crippen molar-refractivity contribution in [3.05, 3.63) is 29.8 Å². The number of ether oxygens (including phenoxy) is 1. The second kappa shape index (κ2) is 8.69. The van der Waals surface area contributed by atoms with E-state index in [0.717, 1.165) is 11.3 Å². The molecule has 1 aromatic rings. The Labute approximate surface area is 154 Å². The number of alkyl carbamates (subject to hydrolysis) is 1. The normalized spacial score (nSPS) is 17.7. The Bertz CT molecular complexity index is 657. The number of methoxy groups -OCH3 is 1. The molecule has 1 saturated heterocycles. The summed E-state index contributed by atoms with van der Waals surface area (Å²) in [5.74, 6) is -0.615. The highest BCUT2D eigenvalue weighted by Gasteiger charge is 2.35. The Hall–Kier alpha value is -2.57. The fourth-order valence-electron chi connectivity index (χ4n) is 2.95. The van der Waals surface area contributed by atoms with E-state index in [9.17, 15) is 14.4 Å². The molecule has 0 bridgehead atoms. The minimum absolute atomic E-state index is 0.0814. The van der Waals surface area contributed by atoms with Crippen LogP contribution in [0.25, 0.3) is 0 Å². The molecule has 1 aliphatic heterocycles. The minimum atomic E-state index is -0.665. The van der Waals surface area contributed by atoms with E-state index in [1.165, 1.54) is 7.11 Å². The van der Waals surface area contributed by atoms with Gasteiger partial charge < -0.3 is 20.3 Å². The molecule has 1 heterocycles. The summed E-state index contributed by atoms with van der Waals surface area (Å²) in [6.07, 6.45) is -0.0307. The molecule has 2 N–H and O–H groups in total. The average Bonchev–Trinajstić information content (AvgIpc) is 3.10. The first-order valence-corrected chi connectivity index (χ1v) is 8.82. The average molecular weight is 361 g/mol. The molecular weight excluding hydrogens is 334 g/mol. The molecule has 2 rings (SSSR count). The van der Waals surface area contributed by atoms with Crippen LogP contribution in [0, 0.1) is 18.8 Å². The SMILES string of the molecule is COC(=O)N[C@H](C(=O)N1CCC(C(=O)Nc2ccc(C)cc2)C1)C(C)C. The molecular formula is C19H27N3O4. The second-order valence-corrected chi connectivity index (χ2v) is 6.98. The standard InChI is InChI=1S/C19H27N3O4/c1-12(2)16(21-19(25)26-4)18(24)22-10-9-14(11-22)17(23)20-15-7-5-13(3)6-8-15/h5-8,12,14,16H,9-11H2,1-4H3,(H,20,23)(H,21,25)/t14?,16-/m0/s1. The van der Waals surface area contributed by atoms with E-state index >= 15 is 0 Å². The Morgan fingerprint density at radius 2 is 1.85 bits per heavy atom. The van der Waals surface area contributed by atoms with Crippen molar-refractivity contribution < 1.29 is 19.1 Å². The van der Waals surface area contributed by atoms with E-state index in [4.69, 9.17) is 0 Å². The van der Waals surface area contributed by atoms with Crippen LogP contribution in [-0.4, -0.2) is 49.0 Å². The number of aryl methyl sites for hydroxylation is 1. The number of likely N-dealkylation sites (tertiary alicyclic amines) is 1. The Morgan fingerprint density at radius 1 is 1.19 bits per heavy atom. The monoisotopic (exact) mass is 361 g/mol. The van der Waals surface area contributed by atoms with Crippen LogP contribution in [0.3, 0.4) is 0 Å². The fourth-order valence-corrected chi connectivity index (χ4v) is 2.95. The molecule has 1 unspecified atom stereocenters. The lowest BCUT2D eigenvalue weighted by atomic mass is 10.0. The molecule has 1 aliphatic rings. The van der Waals surface area contributed by atoms with E-state index < -0.39 is 12.1 Å². The molecule has 7 heteroatoms. The third-order valence-corrected chi connectivity index (χ3v) is 4.58. The lowest BCUT2D eigenvalue weighted by molar-refractivity contribution is -0.133. The van der Waals surface area contributed by atoms with Gasteiger partial charge in [0.1, 0.15) is 6.04 Å². The zero-order valence-corrected chi connectivity index (χ0v) is 15.7. The van der Waals surface area contributed by atoms with Crippen LogP contribution >= 0.6 is 0 Å². The van der Waals surface area contributed by atoms with Crippen molar-refractivity contribution in [2.24, 2.45) is 11.8 Å². The van der Waals surface area contributed by atoms with E-state index in [-0.39, 0.29) is 23.7 Å². The summed E-state index contributed by atoms with van der Waals surface area (Å²) >= 11 is 0. The number of anilines is 1. The lowest BCUT2D eigenvalue weighted by Gasteiger charge is -2.26. The quantitative estimate of drug-likeness (QED) is 0.841. The number of nitrogens with zero attached hydrogens (tertiary/aromatic N) is 1. The van der Waals surface area contributed by atoms with Crippen LogP contribution in [0.4, 0.5) is 10.5 Å². The number of nitrogens with one attached hydrogen (secondary N) is 2. The van der Waals surface area contributed by atoms with Gasteiger partial charge in [0.05, 0.1) is 13.0 Å². The predicted molar refractivity (Wildman–Crippen MR) is 98.7 cm³/mol. The van der Waals surface area contributed by atoms with Gasteiger partial charge in [-0.1, -0.05) is 31.5 Å². The highest BCUT2D eigenvalue weighted by molar-refractivity contribution is 5.94. The van der Waals surface area contributed by atoms with Gasteiger partial charge in [0.15, 0.2) is 0 Å². The minimum Gasteiger partial charge on any atom is -0.453 e. The molecule has 0 radical (unpaired) electrons. The first-order valence-electron chi connectivity index (χ1n) is 8.82. The Morgan fingerprint density at radius 3 is 2.42 bits per heavy atom. The van der Waals surface area contributed by atoms with Crippen LogP contribution < -0.4 is 10.6 Å². The molecule has 142 valence electrons. The topological polar surface area (TPSA) is 87.7 Å². The number of hydrogen-bond acceptors (Lipinski definition) is 4. The maximum Gasteiger partial charge on any atom is 0.407 e. The van der Waals surface area contributed by atoms with Gasteiger partial charge in [-0.25, -0.2) is 4.79 Å². The fraction of sp³-hybridized carbons (Fsp3) is 0.526. The largest absolute Gasteiger partial charge is 0.453 e. The first-order chi connectivity index (χ1) is 12.3. The number of amides is 3. The molecule has 0 aliphatic carbocycles. The third kappa shape index (κ3) is 4.97. The third-order valence-electron chi connectivity index (χ3n) is 4.58. The summed E-state index contributed by atoms with van der Waals surface area (Å²) in [6, 6.07) is 6.93. The molecule has 3 amide bonds. The van der Waals surface area contributed by atoms with Gasteiger partial charge in [-0.2, -0.15) is 0 Å². The van der Waals surface area contributed by atoms with Crippen molar-refractivity contribution in [2.75, 3.05) is 25.5 Å². The van der Waals surface area contributed by atoms with Gasteiger partial charge in [0, 0.05) is 18.8 Å². The van der Waals surface area contributed by atoms with Crippen molar-refractivity contribution in [1.82, 2.24) is 10.2 Å². The van der Waals surface area contributed by atoms with E-state index in [2.05, 4.69) is 15.4 Å². The van der Waals surface area contributed by atoms with Crippen molar-refractivity contribution in [2.45, 2.75) is 33.2 Å². The second-order valence-electron chi connectivity index (χ2n) is 6.98. The zero-order valence-electron chi connectivity index (χ0n) is 15.7. The maximum atomic E-state index is 12.7. The smallest absolute Gasteiger partial charge is 0.407 e. The van der Waals surface area contributed by atoms with E-state index in [1.54, 1.807) is 4.90 Å². The van der Waals surface area contributed by atoms with Crippen LogP contribution in [0.5, 0.6) is 0 Å². The molecule has 2 atom stereocenters. The summed E-state index contributed by atoms with van der Waals surface area (Å²) in [5, 5.41) is 5.48. The van der Waals surface area contributed by atoms with Crippen LogP contribution in [-0.2, 0) is 14.3 Å². The summed E-state index contributed by atoms with van der Waals surface area (Å²) in [6.45, 7) is 6.55. The molecule has 26 heavy (non-hydrogen) atoms. The Kier molecular flexibility index (Phi) is 6.60. The van der Waals surface area contributed by atoms with Gasteiger partial charge in [-0.3, -0.25) is 9.59 Å². The van der Waals surface area contributed by atoms with Crippen molar-refractivity contribution in [1.29, 1.82) is 0 Å². The summed E-state index contributed by atoms with van der Waals surface area (Å²) in [4.78, 5) is 38.3. The Balaban J connectivity index is 1.95. The van der Waals surface area contributed by atoms with Gasteiger partial charge >= 0.3 is 6.09 Å². The lowest BCUT2D eigenvalue weighted by Crippen LogP contribution is -2.50. The predicted octanol–water partition coefficient (Wildman–Crippen LogP) is 2.16. The molecule has 1 aromatic carbocycles. The van der Waals surface area contributed by atoms with Crippen LogP contribution in [0.15, 0.2) is 24.3 Å². The maximum absolute atomic E-state index is 12.7. The van der Waals surface area contributed by atoms with Crippen molar-refractivity contribution in [3.63, 3.8) is 0 Å². The van der Waals surface area contributed by atoms with E-state index in [1.807, 2.05) is 45.0 Å². The summed E-state index contributed by atoms with van der Waals surface area (Å²) in [7, 11) is 1.26. The summed E-state index contributed by atoms with van der Waals surface area (Å²) < 4.78 is 4.59. The van der Waals surface area contributed by atoms with Gasteiger partial charge in [-0.05, 0) is 31.4 Å². The first kappa shape index (κ1) is 19.8. The number of rotatable bonds is 5. The van der Waals surface area contributed by atoms with Crippen molar-refractivity contribution in [3.8, 4) is 0 Å². The van der Waals surface area contributed by atoms with Gasteiger partial charge in [-0.15, -0.1) is 0 Å². The van der Waals surface area contributed by atoms with Crippen LogP contribution in [0.1, 0.15) is 25.8 Å². The number of benzene rings is 1. The molecule has 0 saturated carbocycles. The zero-order chi connectivity index (χ0) is 19.3. The highest BCUT2D eigenvalue weighted by atomic mass is 16.5. The highest BCUT2D eigenvalue weighted by Crippen LogP contribution is 2.21.